The zero-order valence-corrected chi connectivity index (χ0v) is 15.9. The second-order valence-electron chi connectivity index (χ2n) is 6.95. The molecule has 3 aromatic heterocycles. The second kappa shape index (κ2) is 7.03. The summed E-state index contributed by atoms with van der Waals surface area (Å²) in [6, 6.07) is 9.92. The Balaban J connectivity index is 1.59. The van der Waals surface area contributed by atoms with E-state index >= 15 is 0 Å². The van der Waals surface area contributed by atoms with Crippen LogP contribution in [0.15, 0.2) is 47.1 Å². The molecule has 1 aromatic carbocycles. The largest absolute Gasteiger partial charge is 0.492 e. The Bertz CT molecular complexity index is 1080. The first-order valence-electron chi connectivity index (χ1n) is 9.32. The lowest BCUT2D eigenvalue weighted by molar-refractivity contribution is 0.186. The van der Waals surface area contributed by atoms with Crippen molar-refractivity contribution in [2.45, 2.75) is 25.3 Å². The Hall–Kier alpha value is -2.71. The molecule has 0 bridgehead atoms. The first kappa shape index (κ1) is 17.4. The third-order valence-electron chi connectivity index (χ3n) is 5.13. The topological polar surface area (TPSA) is 66.8 Å². The Kier molecular flexibility index (Phi) is 4.37. The average Bonchev–Trinajstić information content (AvgIpc) is 3.43. The van der Waals surface area contributed by atoms with Crippen LogP contribution in [0.5, 0.6) is 5.88 Å². The SMILES string of the molecule is Oc1c(C(c2ccc(F)cc2)N2CCCCC2)sc2nc(-c3ccco3)nn12. The van der Waals surface area contributed by atoms with Crippen LogP contribution in [0.1, 0.15) is 35.7 Å². The molecular weight excluding hydrogens is 379 g/mol. The fraction of sp³-hybridized carbons (Fsp3) is 0.300. The molecule has 1 fully saturated rings. The molecule has 1 aliphatic rings. The molecule has 4 heterocycles. The predicted octanol–water partition coefficient (Wildman–Crippen LogP) is 4.47. The van der Waals surface area contributed by atoms with Gasteiger partial charge in [-0.15, -0.1) is 5.10 Å². The molecule has 6 nitrogen and oxygen atoms in total. The van der Waals surface area contributed by atoms with Crippen molar-refractivity contribution < 1.29 is 13.9 Å². The van der Waals surface area contributed by atoms with Gasteiger partial charge in [0.15, 0.2) is 5.76 Å². The Morgan fingerprint density at radius 3 is 2.57 bits per heavy atom. The van der Waals surface area contributed by atoms with Gasteiger partial charge in [0.05, 0.1) is 17.2 Å². The molecule has 4 aromatic rings. The summed E-state index contributed by atoms with van der Waals surface area (Å²) in [6.45, 7) is 1.87. The van der Waals surface area contributed by atoms with Crippen LogP contribution >= 0.6 is 11.3 Å². The fourth-order valence-corrected chi connectivity index (χ4v) is 4.91. The Morgan fingerprint density at radius 1 is 1.11 bits per heavy atom. The van der Waals surface area contributed by atoms with Gasteiger partial charge in [-0.25, -0.2) is 4.39 Å². The molecule has 1 unspecified atom stereocenters. The number of nitrogens with zero attached hydrogens (tertiary/aromatic N) is 4. The standard InChI is InChI=1S/C20H19FN4O2S/c21-14-8-6-13(7-9-14)16(24-10-2-1-3-11-24)17-19(26)25-20(28-17)22-18(23-25)15-5-4-12-27-15/h4-9,12,16,26H,1-3,10-11H2. The summed E-state index contributed by atoms with van der Waals surface area (Å²) in [5.41, 5.74) is 0.953. The molecule has 144 valence electrons. The molecule has 0 amide bonds. The number of thiazole rings is 1. The van der Waals surface area contributed by atoms with Gasteiger partial charge >= 0.3 is 0 Å². The monoisotopic (exact) mass is 398 g/mol. The maximum absolute atomic E-state index is 13.5. The van der Waals surface area contributed by atoms with Crippen molar-refractivity contribution in [1.29, 1.82) is 0 Å². The first-order valence-corrected chi connectivity index (χ1v) is 10.1. The van der Waals surface area contributed by atoms with Crippen LogP contribution < -0.4 is 0 Å². The highest BCUT2D eigenvalue weighted by atomic mass is 32.1. The van der Waals surface area contributed by atoms with Crippen LogP contribution in [-0.2, 0) is 0 Å². The van der Waals surface area contributed by atoms with E-state index in [1.807, 2.05) is 0 Å². The molecule has 1 saturated heterocycles. The molecule has 5 rings (SSSR count). The number of furan rings is 1. The van der Waals surface area contributed by atoms with E-state index in [4.69, 9.17) is 4.42 Å². The molecule has 0 aliphatic carbocycles. The summed E-state index contributed by atoms with van der Waals surface area (Å²) >= 11 is 1.41. The van der Waals surface area contributed by atoms with Crippen molar-refractivity contribution in [3.8, 4) is 17.5 Å². The van der Waals surface area contributed by atoms with Gasteiger partial charge in [-0.3, -0.25) is 4.90 Å². The van der Waals surface area contributed by atoms with Crippen molar-refractivity contribution >= 4 is 16.3 Å². The van der Waals surface area contributed by atoms with Gasteiger partial charge in [0.1, 0.15) is 5.82 Å². The molecule has 1 atom stereocenters. The molecule has 28 heavy (non-hydrogen) atoms. The number of aromatic hydroxyl groups is 1. The molecule has 8 heteroatoms. The lowest BCUT2D eigenvalue weighted by Crippen LogP contribution is -2.34. The quantitative estimate of drug-likeness (QED) is 0.549. The minimum absolute atomic E-state index is 0.0743. The fourth-order valence-electron chi connectivity index (χ4n) is 3.79. The van der Waals surface area contributed by atoms with Crippen molar-refractivity contribution in [2.75, 3.05) is 13.1 Å². The number of piperidine rings is 1. The van der Waals surface area contributed by atoms with Crippen molar-refractivity contribution in [3.05, 3.63) is 58.9 Å². The lowest BCUT2D eigenvalue weighted by Gasteiger charge is -2.34. The van der Waals surface area contributed by atoms with Gasteiger partial charge in [0.2, 0.25) is 16.7 Å². The minimum atomic E-state index is -0.267. The van der Waals surface area contributed by atoms with Crippen molar-refractivity contribution in [3.63, 3.8) is 0 Å². The van der Waals surface area contributed by atoms with Crippen LogP contribution in [0.25, 0.3) is 16.5 Å². The number of aromatic nitrogens is 3. The molecule has 0 radical (unpaired) electrons. The number of hydrogen-bond donors (Lipinski definition) is 1. The number of benzene rings is 1. The van der Waals surface area contributed by atoms with E-state index in [1.165, 1.54) is 34.4 Å². The van der Waals surface area contributed by atoms with Gasteiger partial charge in [-0.2, -0.15) is 9.50 Å². The van der Waals surface area contributed by atoms with E-state index in [0.29, 0.717) is 16.5 Å². The van der Waals surface area contributed by atoms with E-state index in [0.717, 1.165) is 36.4 Å². The number of rotatable bonds is 4. The Morgan fingerprint density at radius 2 is 1.89 bits per heavy atom. The molecule has 1 N–H and O–H groups in total. The zero-order chi connectivity index (χ0) is 19.1. The maximum Gasteiger partial charge on any atom is 0.230 e. The highest BCUT2D eigenvalue weighted by molar-refractivity contribution is 7.17. The van der Waals surface area contributed by atoms with E-state index in [-0.39, 0.29) is 17.7 Å². The number of hydrogen-bond acceptors (Lipinski definition) is 6. The summed E-state index contributed by atoms with van der Waals surface area (Å²) in [4.78, 5) is 8.23. The van der Waals surface area contributed by atoms with Crippen molar-refractivity contribution in [1.82, 2.24) is 19.5 Å². The molecule has 0 saturated carbocycles. The summed E-state index contributed by atoms with van der Waals surface area (Å²) in [5, 5.41) is 15.4. The maximum atomic E-state index is 13.5. The van der Waals surface area contributed by atoms with Gasteiger partial charge in [0, 0.05) is 0 Å². The predicted molar refractivity (Wildman–Crippen MR) is 104 cm³/mol. The first-order chi connectivity index (χ1) is 13.7. The van der Waals surface area contributed by atoms with Crippen LogP contribution in [0.4, 0.5) is 4.39 Å². The summed E-state index contributed by atoms with van der Waals surface area (Å²) in [5.74, 6) is 0.804. The lowest BCUT2D eigenvalue weighted by atomic mass is 10.0. The average molecular weight is 398 g/mol. The second-order valence-corrected chi connectivity index (χ2v) is 7.96. The smallest absolute Gasteiger partial charge is 0.230 e. The van der Waals surface area contributed by atoms with E-state index in [2.05, 4.69) is 15.0 Å². The van der Waals surface area contributed by atoms with Gasteiger partial charge in [-0.1, -0.05) is 29.9 Å². The van der Waals surface area contributed by atoms with Gasteiger partial charge in [0.25, 0.3) is 0 Å². The normalized spacial score (nSPS) is 16.6. The van der Waals surface area contributed by atoms with Gasteiger partial charge < -0.3 is 9.52 Å². The molecular formula is C20H19FN4O2S. The van der Waals surface area contributed by atoms with E-state index < -0.39 is 0 Å². The summed E-state index contributed by atoms with van der Waals surface area (Å²) in [6.07, 6.45) is 5.00. The summed E-state index contributed by atoms with van der Waals surface area (Å²) in [7, 11) is 0. The highest BCUT2D eigenvalue weighted by Gasteiger charge is 2.30. The molecule has 1 aliphatic heterocycles. The van der Waals surface area contributed by atoms with Crippen LogP contribution in [-0.4, -0.2) is 37.7 Å². The van der Waals surface area contributed by atoms with Crippen molar-refractivity contribution in [2.24, 2.45) is 0 Å². The number of halogens is 1. The number of fused-ring (bicyclic) bond motifs is 1. The minimum Gasteiger partial charge on any atom is -0.492 e. The van der Waals surface area contributed by atoms with Gasteiger partial charge in [-0.05, 0) is 55.8 Å². The van der Waals surface area contributed by atoms with E-state index in [9.17, 15) is 9.50 Å². The highest BCUT2D eigenvalue weighted by Crippen LogP contribution is 2.41. The summed E-state index contributed by atoms with van der Waals surface area (Å²) < 4.78 is 20.3. The zero-order valence-electron chi connectivity index (χ0n) is 15.1. The van der Waals surface area contributed by atoms with E-state index in [1.54, 1.807) is 30.5 Å². The third-order valence-corrected chi connectivity index (χ3v) is 6.20. The van der Waals surface area contributed by atoms with Crippen LogP contribution in [0.3, 0.4) is 0 Å². The molecule has 0 spiro atoms. The third kappa shape index (κ3) is 2.98. The number of likely N-dealkylation sites (tertiary alicyclic amines) is 1. The van der Waals surface area contributed by atoms with Crippen LogP contribution in [0.2, 0.25) is 0 Å². The Labute approximate surface area is 164 Å². The van der Waals surface area contributed by atoms with Crippen LogP contribution in [0, 0.1) is 5.82 Å².